The van der Waals surface area contributed by atoms with Gasteiger partial charge in [-0.2, -0.15) is 0 Å². The van der Waals surface area contributed by atoms with Gasteiger partial charge in [-0.15, -0.1) is 0 Å². The second-order valence-electron chi connectivity index (χ2n) is 4.57. The Morgan fingerprint density at radius 1 is 1.19 bits per heavy atom. The van der Waals surface area contributed by atoms with Crippen LogP contribution in [-0.2, 0) is 6.42 Å². The lowest BCUT2D eigenvalue weighted by Gasteiger charge is -2.06. The topological polar surface area (TPSA) is 21.6 Å². The lowest BCUT2D eigenvalue weighted by molar-refractivity contribution is 0.361. The van der Waals surface area contributed by atoms with Crippen molar-refractivity contribution in [2.24, 2.45) is 4.99 Å². The summed E-state index contributed by atoms with van der Waals surface area (Å²) in [5.41, 5.74) is 3.29. The molecule has 0 aliphatic rings. The number of aliphatic imine (C=N–C) groups is 1. The number of halogens is 1. The van der Waals surface area contributed by atoms with Crippen molar-refractivity contribution in [3.05, 3.63) is 70.7 Å². The second-order valence-corrected chi connectivity index (χ2v) is 5.42. The van der Waals surface area contributed by atoms with Gasteiger partial charge in [0.15, 0.2) is 0 Å². The highest BCUT2D eigenvalue weighted by atomic mass is 79.9. The predicted octanol–water partition coefficient (Wildman–Crippen LogP) is 5.33. The minimum absolute atomic E-state index is 0.496. The van der Waals surface area contributed by atoms with Crippen molar-refractivity contribution in [2.75, 3.05) is 6.61 Å². The molecule has 0 aromatic heterocycles. The second kappa shape index (κ2) is 7.79. The van der Waals surface area contributed by atoms with Gasteiger partial charge in [-0.25, -0.2) is 0 Å². The lowest BCUT2D eigenvalue weighted by atomic mass is 10.1. The molecule has 2 aromatic carbocycles. The zero-order valence-corrected chi connectivity index (χ0v) is 13.6. The molecule has 3 heteroatoms. The van der Waals surface area contributed by atoms with Crippen LogP contribution < -0.4 is 4.74 Å². The van der Waals surface area contributed by atoms with E-state index in [0.717, 1.165) is 27.9 Å². The van der Waals surface area contributed by atoms with Crippen LogP contribution in [0.4, 0.5) is 5.69 Å². The van der Waals surface area contributed by atoms with Gasteiger partial charge in [0, 0.05) is 6.21 Å². The summed E-state index contributed by atoms with van der Waals surface area (Å²) in [6.07, 6.45) is 4.62. The quantitative estimate of drug-likeness (QED) is 0.513. The molecule has 0 aliphatic heterocycles. The molecular weight excluding hydrogens is 326 g/mol. The monoisotopic (exact) mass is 343 g/mol. The Balaban J connectivity index is 2.09. The van der Waals surface area contributed by atoms with E-state index in [4.69, 9.17) is 4.74 Å². The average molecular weight is 344 g/mol. The van der Waals surface area contributed by atoms with Crippen molar-refractivity contribution in [3.8, 4) is 5.75 Å². The highest BCUT2D eigenvalue weighted by molar-refractivity contribution is 9.10. The third kappa shape index (κ3) is 4.57. The Hall–Kier alpha value is -1.87. The summed E-state index contributed by atoms with van der Waals surface area (Å²) in [5, 5.41) is 0. The molecule has 2 aromatic rings. The molecule has 2 nitrogen and oxygen atoms in total. The van der Waals surface area contributed by atoms with E-state index in [1.54, 1.807) is 6.08 Å². The van der Waals surface area contributed by atoms with Gasteiger partial charge in [-0.3, -0.25) is 4.99 Å². The largest absolute Gasteiger partial charge is 0.488 e. The van der Waals surface area contributed by atoms with Crippen LogP contribution in [0.2, 0.25) is 0 Å². The fourth-order valence-corrected chi connectivity index (χ4v) is 2.34. The fourth-order valence-electron chi connectivity index (χ4n) is 1.83. The van der Waals surface area contributed by atoms with Crippen LogP contribution in [-0.4, -0.2) is 12.8 Å². The zero-order valence-electron chi connectivity index (χ0n) is 12.1. The molecule has 0 saturated carbocycles. The zero-order chi connectivity index (χ0) is 15.1. The first-order chi connectivity index (χ1) is 10.2. The Labute approximate surface area is 134 Å². The van der Waals surface area contributed by atoms with Crippen molar-refractivity contribution in [3.63, 3.8) is 0 Å². The number of hydrogen-bond acceptors (Lipinski definition) is 2. The number of nitrogens with zero attached hydrogens (tertiary/aromatic N) is 1. The lowest BCUT2D eigenvalue weighted by Crippen LogP contribution is -1.94. The molecule has 0 saturated heterocycles. The molecular formula is C18H18BrNO. The van der Waals surface area contributed by atoms with Gasteiger partial charge in [-0.1, -0.05) is 31.7 Å². The first-order valence-electron chi connectivity index (χ1n) is 6.89. The van der Waals surface area contributed by atoms with E-state index in [-0.39, 0.29) is 0 Å². The van der Waals surface area contributed by atoms with Crippen LogP contribution in [0.5, 0.6) is 5.75 Å². The van der Waals surface area contributed by atoms with Crippen molar-refractivity contribution >= 4 is 27.8 Å². The van der Waals surface area contributed by atoms with Gasteiger partial charge in [0.1, 0.15) is 12.4 Å². The number of ether oxygens (including phenoxy) is 1. The van der Waals surface area contributed by atoms with Gasteiger partial charge in [0.25, 0.3) is 0 Å². The molecule has 0 spiro atoms. The summed E-state index contributed by atoms with van der Waals surface area (Å²) >= 11 is 3.50. The smallest absolute Gasteiger partial charge is 0.133 e. The number of rotatable bonds is 6. The Bertz CT molecular complexity index is 632. The fraction of sp³-hybridized carbons (Fsp3) is 0.167. The molecule has 0 bridgehead atoms. The third-order valence-electron chi connectivity index (χ3n) is 3.02. The highest BCUT2D eigenvalue weighted by Gasteiger charge is 2.01. The molecule has 0 atom stereocenters. The number of hydrogen-bond donors (Lipinski definition) is 0. The van der Waals surface area contributed by atoms with E-state index in [9.17, 15) is 0 Å². The normalized spacial score (nSPS) is 10.8. The molecule has 0 radical (unpaired) electrons. The van der Waals surface area contributed by atoms with E-state index in [1.807, 2.05) is 36.5 Å². The van der Waals surface area contributed by atoms with Gasteiger partial charge < -0.3 is 4.74 Å². The van der Waals surface area contributed by atoms with Crippen molar-refractivity contribution < 1.29 is 4.74 Å². The maximum absolute atomic E-state index is 5.52. The Kier molecular flexibility index (Phi) is 5.76. The molecule has 21 heavy (non-hydrogen) atoms. The Morgan fingerprint density at radius 2 is 1.95 bits per heavy atom. The van der Waals surface area contributed by atoms with E-state index in [2.05, 4.69) is 46.6 Å². The summed E-state index contributed by atoms with van der Waals surface area (Å²) in [6, 6.07) is 14.2. The van der Waals surface area contributed by atoms with Crippen LogP contribution >= 0.6 is 15.9 Å². The van der Waals surface area contributed by atoms with Crippen molar-refractivity contribution in [2.45, 2.75) is 13.3 Å². The van der Waals surface area contributed by atoms with Crippen LogP contribution in [0.25, 0.3) is 0 Å². The van der Waals surface area contributed by atoms with Crippen molar-refractivity contribution in [1.82, 2.24) is 0 Å². The first-order valence-corrected chi connectivity index (χ1v) is 7.68. The first kappa shape index (κ1) is 15.5. The molecule has 0 N–H and O–H groups in total. The van der Waals surface area contributed by atoms with E-state index in [1.165, 1.54) is 5.56 Å². The van der Waals surface area contributed by atoms with E-state index < -0.39 is 0 Å². The molecule has 0 amide bonds. The van der Waals surface area contributed by atoms with Gasteiger partial charge in [0.2, 0.25) is 0 Å². The molecule has 2 rings (SSSR count). The van der Waals surface area contributed by atoms with Crippen LogP contribution in [0.3, 0.4) is 0 Å². The maximum atomic E-state index is 5.52. The minimum Gasteiger partial charge on any atom is -0.488 e. The molecule has 0 aliphatic carbocycles. The van der Waals surface area contributed by atoms with E-state index >= 15 is 0 Å². The van der Waals surface area contributed by atoms with Crippen LogP contribution in [0.1, 0.15) is 18.1 Å². The van der Waals surface area contributed by atoms with E-state index in [0.29, 0.717) is 6.61 Å². The summed E-state index contributed by atoms with van der Waals surface area (Å²) in [4.78, 5) is 4.48. The van der Waals surface area contributed by atoms with Gasteiger partial charge in [-0.05, 0) is 63.8 Å². The molecule has 0 fully saturated rings. The average Bonchev–Trinajstić information content (AvgIpc) is 2.52. The molecule has 0 heterocycles. The molecule has 0 unspecified atom stereocenters. The third-order valence-corrected chi connectivity index (χ3v) is 3.64. The number of benzene rings is 2. The minimum atomic E-state index is 0.496. The van der Waals surface area contributed by atoms with Gasteiger partial charge >= 0.3 is 0 Å². The maximum Gasteiger partial charge on any atom is 0.133 e. The van der Waals surface area contributed by atoms with Crippen molar-refractivity contribution in [1.29, 1.82) is 0 Å². The van der Waals surface area contributed by atoms with Crippen LogP contribution in [0.15, 0.2) is 64.6 Å². The van der Waals surface area contributed by atoms with Gasteiger partial charge in [0.05, 0.1) is 10.2 Å². The SMILES string of the molecule is C=CCOc1ccc(C=Nc2ccc(CC)cc2)cc1Br. The highest BCUT2D eigenvalue weighted by Crippen LogP contribution is 2.25. The predicted molar refractivity (Wildman–Crippen MR) is 92.9 cm³/mol. The summed E-state index contributed by atoms with van der Waals surface area (Å²) in [6.45, 7) is 6.28. The number of aryl methyl sites for hydroxylation is 1. The Morgan fingerprint density at radius 3 is 2.57 bits per heavy atom. The summed E-state index contributed by atoms with van der Waals surface area (Å²) in [5.74, 6) is 0.805. The summed E-state index contributed by atoms with van der Waals surface area (Å²) in [7, 11) is 0. The van der Waals surface area contributed by atoms with Crippen LogP contribution in [0, 0.1) is 0 Å². The standard InChI is InChI=1S/C18H18BrNO/c1-3-11-21-18-10-7-15(12-17(18)19)13-20-16-8-5-14(4-2)6-9-16/h3,5-10,12-13H,1,4,11H2,2H3. The molecule has 108 valence electrons. The summed E-state index contributed by atoms with van der Waals surface area (Å²) < 4.78 is 6.43.